The summed E-state index contributed by atoms with van der Waals surface area (Å²) in [5.41, 5.74) is 9.35. The van der Waals surface area contributed by atoms with Crippen LogP contribution >= 0.6 is 0 Å². The average Bonchev–Trinajstić information content (AvgIpc) is 3.43. The second-order valence-corrected chi connectivity index (χ2v) is 8.15. The van der Waals surface area contributed by atoms with Gasteiger partial charge < -0.3 is 0 Å². The van der Waals surface area contributed by atoms with Crippen LogP contribution in [0.2, 0.25) is 0 Å². The van der Waals surface area contributed by atoms with Crippen LogP contribution in [-0.2, 0) is 6.54 Å². The van der Waals surface area contributed by atoms with E-state index in [-0.39, 0.29) is 0 Å². The first-order valence-corrected chi connectivity index (χ1v) is 10.1. The normalized spacial score (nSPS) is 16.7. The van der Waals surface area contributed by atoms with Gasteiger partial charge in [-0.1, -0.05) is 37.1 Å². The second-order valence-electron chi connectivity index (χ2n) is 8.15. The molecule has 5 aromatic rings. The van der Waals surface area contributed by atoms with E-state index < -0.39 is 0 Å². The van der Waals surface area contributed by atoms with Crippen LogP contribution in [0.1, 0.15) is 42.7 Å². The summed E-state index contributed by atoms with van der Waals surface area (Å²) < 4.78 is 4.96. The van der Waals surface area contributed by atoms with Gasteiger partial charge in [-0.3, -0.25) is 4.98 Å². The number of hydrogen-bond acceptors (Lipinski definition) is 1. The third-order valence-corrected chi connectivity index (χ3v) is 6.82. The Morgan fingerprint density at radius 3 is 2.67 bits per heavy atom. The van der Waals surface area contributed by atoms with Crippen molar-refractivity contribution in [3.63, 3.8) is 0 Å². The molecule has 1 fully saturated rings. The van der Waals surface area contributed by atoms with E-state index in [0.717, 1.165) is 6.54 Å². The molecule has 3 heteroatoms. The molecule has 0 spiro atoms. The third kappa shape index (κ3) is 1.64. The van der Waals surface area contributed by atoms with E-state index >= 15 is 0 Å². The van der Waals surface area contributed by atoms with Crippen LogP contribution in [0.5, 0.6) is 0 Å². The van der Waals surface area contributed by atoms with E-state index in [9.17, 15) is 0 Å². The van der Waals surface area contributed by atoms with Gasteiger partial charge in [-0.25, -0.2) is 4.57 Å². The fourth-order valence-corrected chi connectivity index (χ4v) is 5.70. The van der Waals surface area contributed by atoms with Gasteiger partial charge in [0.15, 0.2) is 11.0 Å². The molecule has 0 unspecified atom stereocenters. The van der Waals surface area contributed by atoms with Gasteiger partial charge in [0.2, 0.25) is 0 Å². The molecular formula is C24H20N3+. The molecule has 0 N–H and O–H groups in total. The van der Waals surface area contributed by atoms with Gasteiger partial charge in [-0.2, -0.15) is 4.40 Å². The zero-order valence-electron chi connectivity index (χ0n) is 15.2. The smallest absolute Gasteiger partial charge is 0.255 e. The molecule has 0 amide bonds. The summed E-state index contributed by atoms with van der Waals surface area (Å²) in [7, 11) is 0. The van der Waals surface area contributed by atoms with Crippen molar-refractivity contribution < 1.29 is 4.57 Å². The van der Waals surface area contributed by atoms with Crippen LogP contribution in [0.15, 0.2) is 54.7 Å². The summed E-state index contributed by atoms with van der Waals surface area (Å²) in [4.78, 5) is 4.93. The summed E-state index contributed by atoms with van der Waals surface area (Å²) in [6.45, 7) is 0.945. The SMILES string of the molecule is c1cc(C2CCCC2)c2c3nccc4c3c3n(c2c1)c1ccccc1[n+]3C4. The van der Waals surface area contributed by atoms with Gasteiger partial charge in [0.05, 0.1) is 16.3 Å². The van der Waals surface area contributed by atoms with Crippen molar-refractivity contribution >= 4 is 38.5 Å². The molecule has 4 heterocycles. The molecule has 2 aromatic carbocycles. The summed E-state index contributed by atoms with van der Waals surface area (Å²) in [5.74, 6) is 0.675. The van der Waals surface area contributed by atoms with Gasteiger partial charge >= 0.3 is 0 Å². The minimum Gasteiger partial charge on any atom is -0.255 e. The Labute approximate surface area is 156 Å². The zero-order valence-corrected chi connectivity index (χ0v) is 15.2. The number of pyridine rings is 2. The van der Waals surface area contributed by atoms with Gasteiger partial charge in [0.25, 0.3) is 5.65 Å². The maximum Gasteiger partial charge on any atom is 0.298 e. The molecule has 2 aliphatic rings. The highest BCUT2D eigenvalue weighted by molar-refractivity contribution is 6.13. The van der Waals surface area contributed by atoms with Crippen LogP contribution < -0.4 is 4.57 Å². The van der Waals surface area contributed by atoms with Crippen molar-refractivity contribution in [1.29, 1.82) is 0 Å². The van der Waals surface area contributed by atoms with E-state index in [4.69, 9.17) is 4.98 Å². The molecule has 0 bridgehead atoms. The number of rotatable bonds is 1. The minimum atomic E-state index is 0.675. The maximum absolute atomic E-state index is 4.93. The Balaban J connectivity index is 1.81. The highest BCUT2D eigenvalue weighted by atomic mass is 15.1. The fraction of sp³-hybridized carbons (Fsp3) is 0.250. The molecule has 1 aliphatic carbocycles. The molecule has 1 aliphatic heterocycles. The fourth-order valence-electron chi connectivity index (χ4n) is 5.70. The number of fused-ring (bicyclic) bond motifs is 6. The Morgan fingerprint density at radius 1 is 0.889 bits per heavy atom. The van der Waals surface area contributed by atoms with Crippen LogP contribution in [0.3, 0.4) is 0 Å². The van der Waals surface area contributed by atoms with Crippen LogP contribution in [0.4, 0.5) is 0 Å². The predicted molar refractivity (Wildman–Crippen MR) is 108 cm³/mol. The monoisotopic (exact) mass is 350 g/mol. The first-order chi connectivity index (χ1) is 13.4. The number of nitrogens with zero attached hydrogens (tertiary/aromatic N) is 3. The first kappa shape index (κ1) is 14.2. The lowest BCUT2D eigenvalue weighted by Crippen LogP contribution is -2.30. The lowest BCUT2D eigenvalue weighted by atomic mass is 9.92. The summed E-state index contributed by atoms with van der Waals surface area (Å²) >= 11 is 0. The Kier molecular flexibility index (Phi) is 2.55. The molecule has 7 rings (SSSR count). The predicted octanol–water partition coefficient (Wildman–Crippen LogP) is 5.10. The Morgan fingerprint density at radius 2 is 1.74 bits per heavy atom. The second kappa shape index (κ2) is 4.86. The minimum absolute atomic E-state index is 0.675. The van der Waals surface area contributed by atoms with Crippen LogP contribution in [-0.4, -0.2) is 9.38 Å². The molecule has 3 aromatic heterocycles. The van der Waals surface area contributed by atoms with Crippen molar-refractivity contribution in [2.24, 2.45) is 0 Å². The lowest BCUT2D eigenvalue weighted by molar-refractivity contribution is -0.631. The lowest BCUT2D eigenvalue weighted by Gasteiger charge is -2.14. The van der Waals surface area contributed by atoms with Gasteiger partial charge in [0.1, 0.15) is 12.1 Å². The number of benzene rings is 2. The van der Waals surface area contributed by atoms with Crippen molar-refractivity contribution in [3.8, 4) is 0 Å². The Hall–Kier alpha value is -2.94. The highest BCUT2D eigenvalue weighted by Crippen LogP contribution is 2.42. The topological polar surface area (TPSA) is 21.2 Å². The van der Waals surface area contributed by atoms with Crippen molar-refractivity contribution in [2.45, 2.75) is 38.1 Å². The molecule has 130 valence electrons. The van der Waals surface area contributed by atoms with Gasteiger partial charge in [0, 0.05) is 11.8 Å². The molecule has 0 radical (unpaired) electrons. The molecule has 0 saturated heterocycles. The van der Waals surface area contributed by atoms with Gasteiger partial charge in [-0.05, 0) is 48.6 Å². The van der Waals surface area contributed by atoms with E-state index in [1.54, 1.807) is 0 Å². The van der Waals surface area contributed by atoms with E-state index in [1.165, 1.54) is 75.3 Å². The summed E-state index contributed by atoms with van der Waals surface area (Å²) in [6.07, 6.45) is 7.34. The Bertz CT molecular complexity index is 1400. The number of aromatic nitrogens is 3. The zero-order chi connectivity index (χ0) is 17.5. The van der Waals surface area contributed by atoms with E-state index in [0.29, 0.717) is 5.92 Å². The van der Waals surface area contributed by atoms with E-state index in [2.05, 4.69) is 57.5 Å². The number of imidazole rings is 1. The van der Waals surface area contributed by atoms with Gasteiger partial charge in [-0.15, -0.1) is 0 Å². The largest absolute Gasteiger partial charge is 0.298 e. The first-order valence-electron chi connectivity index (χ1n) is 10.1. The number of para-hydroxylation sites is 2. The molecular weight excluding hydrogens is 330 g/mol. The van der Waals surface area contributed by atoms with Crippen molar-refractivity contribution in [3.05, 3.63) is 65.9 Å². The quantitative estimate of drug-likeness (QED) is 0.298. The average molecular weight is 350 g/mol. The third-order valence-electron chi connectivity index (χ3n) is 6.82. The summed E-state index contributed by atoms with van der Waals surface area (Å²) in [6, 6.07) is 17.9. The molecule has 1 saturated carbocycles. The maximum atomic E-state index is 4.93. The highest BCUT2D eigenvalue weighted by Gasteiger charge is 2.33. The van der Waals surface area contributed by atoms with Crippen molar-refractivity contribution in [1.82, 2.24) is 9.38 Å². The molecule has 3 nitrogen and oxygen atoms in total. The molecule has 0 atom stereocenters. The standard InChI is InChI=1S/C24H20N3/c1-2-7-15(6-1)17-8-5-11-20-22(17)23-21-16(12-13-25-23)14-26-18-9-3-4-10-19(18)27(20)24(21)26/h3-5,8-13,15H,1-2,6-7,14H2/q+1. The van der Waals surface area contributed by atoms with Crippen LogP contribution in [0, 0.1) is 0 Å². The molecule has 27 heavy (non-hydrogen) atoms. The van der Waals surface area contributed by atoms with Crippen molar-refractivity contribution in [2.75, 3.05) is 0 Å². The number of hydrogen-bond donors (Lipinski definition) is 0. The van der Waals surface area contributed by atoms with Crippen LogP contribution in [0.25, 0.3) is 38.5 Å². The van der Waals surface area contributed by atoms with E-state index in [1.807, 2.05) is 6.20 Å². The summed E-state index contributed by atoms with van der Waals surface area (Å²) in [5, 5.41) is 2.73.